The first kappa shape index (κ1) is 21.0. The van der Waals surface area contributed by atoms with Gasteiger partial charge in [0.2, 0.25) is 0 Å². The number of rotatable bonds is 5. The summed E-state index contributed by atoms with van der Waals surface area (Å²) in [5, 5.41) is 14.6. The lowest BCUT2D eigenvalue weighted by Gasteiger charge is -2.36. The molecule has 3 fully saturated rings. The van der Waals surface area contributed by atoms with Gasteiger partial charge in [-0.15, -0.1) is 10.2 Å². The molecule has 4 aliphatic heterocycles. The van der Waals surface area contributed by atoms with Crippen LogP contribution in [-0.4, -0.2) is 73.2 Å². The highest BCUT2D eigenvalue weighted by Gasteiger charge is 2.37. The van der Waals surface area contributed by atoms with Crippen molar-refractivity contribution in [1.82, 2.24) is 20.8 Å². The number of hydrogen-bond acceptors (Lipinski definition) is 8. The monoisotopic (exact) mass is 447 g/mol. The highest BCUT2D eigenvalue weighted by atomic mass is 19.3. The summed E-state index contributed by atoms with van der Waals surface area (Å²) in [6, 6.07) is 1.92. The lowest BCUT2D eigenvalue weighted by molar-refractivity contribution is -0.117. The van der Waals surface area contributed by atoms with Crippen molar-refractivity contribution >= 4 is 23.6 Å². The number of halogens is 2. The number of alkyl halides is 2. The summed E-state index contributed by atoms with van der Waals surface area (Å²) in [5.41, 5.74) is 1.57. The van der Waals surface area contributed by atoms with Crippen LogP contribution >= 0.6 is 0 Å². The van der Waals surface area contributed by atoms with Gasteiger partial charge >= 0.3 is 0 Å². The predicted molar refractivity (Wildman–Crippen MR) is 115 cm³/mol. The van der Waals surface area contributed by atoms with Gasteiger partial charge < -0.3 is 25.2 Å². The zero-order valence-electron chi connectivity index (χ0n) is 17.8. The minimum absolute atomic E-state index is 0.134. The molecule has 0 saturated carbocycles. The van der Waals surface area contributed by atoms with Crippen LogP contribution in [0.3, 0.4) is 0 Å². The van der Waals surface area contributed by atoms with E-state index in [1.54, 1.807) is 12.4 Å². The fourth-order valence-electron chi connectivity index (χ4n) is 4.60. The maximum absolute atomic E-state index is 13.8. The van der Waals surface area contributed by atoms with Crippen molar-refractivity contribution in [2.75, 3.05) is 42.5 Å². The summed E-state index contributed by atoms with van der Waals surface area (Å²) < 4.78 is 33.4. The van der Waals surface area contributed by atoms with Crippen molar-refractivity contribution < 1.29 is 18.3 Å². The van der Waals surface area contributed by atoms with Gasteiger partial charge in [-0.2, -0.15) is 0 Å². The van der Waals surface area contributed by atoms with Crippen molar-refractivity contribution in [3.63, 3.8) is 0 Å². The number of aromatic nitrogens is 2. The Balaban J connectivity index is 1.36. The van der Waals surface area contributed by atoms with Crippen LogP contribution in [0.2, 0.25) is 0 Å². The second kappa shape index (κ2) is 8.61. The zero-order chi connectivity index (χ0) is 22.1. The Morgan fingerprint density at radius 3 is 2.62 bits per heavy atom. The molecule has 1 amide bonds. The molecule has 2 bridgehead atoms. The number of amides is 1. The number of morpholine rings is 1. The van der Waals surface area contributed by atoms with E-state index >= 15 is 0 Å². The molecule has 172 valence electrons. The first-order chi connectivity index (χ1) is 15.5. The molecule has 5 heterocycles. The second-order valence-electron chi connectivity index (χ2n) is 8.67. The van der Waals surface area contributed by atoms with Gasteiger partial charge in [0.05, 0.1) is 24.4 Å². The SMILES string of the molecule is O=C(NCc1nnc(N2CC3CCC(C2)O3)cc1N1CCC(F)(F)CC1)C1=CNCC=N1. The number of nitrogens with one attached hydrogen (secondary N) is 2. The summed E-state index contributed by atoms with van der Waals surface area (Å²) in [4.78, 5) is 20.6. The van der Waals surface area contributed by atoms with E-state index in [0.29, 0.717) is 12.2 Å². The van der Waals surface area contributed by atoms with Crippen LogP contribution in [-0.2, 0) is 16.1 Å². The molecule has 2 N–H and O–H groups in total. The van der Waals surface area contributed by atoms with Gasteiger partial charge in [0.25, 0.3) is 11.8 Å². The molecule has 2 unspecified atom stereocenters. The molecule has 4 aliphatic rings. The molecule has 1 aromatic heterocycles. The smallest absolute Gasteiger partial charge is 0.271 e. The normalized spacial score (nSPS) is 26.5. The van der Waals surface area contributed by atoms with Crippen LogP contribution in [0.25, 0.3) is 0 Å². The van der Waals surface area contributed by atoms with E-state index in [0.717, 1.165) is 37.4 Å². The summed E-state index contributed by atoms with van der Waals surface area (Å²) in [7, 11) is 0. The average molecular weight is 447 g/mol. The maximum Gasteiger partial charge on any atom is 0.271 e. The summed E-state index contributed by atoms with van der Waals surface area (Å²) in [6.07, 6.45) is 5.26. The van der Waals surface area contributed by atoms with Crippen LogP contribution in [0.4, 0.5) is 20.3 Å². The number of fused-ring (bicyclic) bond motifs is 2. The quantitative estimate of drug-likeness (QED) is 0.701. The molecule has 0 aromatic carbocycles. The number of aliphatic imine (C=N–C) groups is 1. The van der Waals surface area contributed by atoms with Gasteiger partial charge in [-0.3, -0.25) is 9.79 Å². The molecule has 2 atom stereocenters. The first-order valence-corrected chi connectivity index (χ1v) is 11.1. The van der Waals surface area contributed by atoms with E-state index in [9.17, 15) is 13.6 Å². The predicted octanol–water partition coefficient (Wildman–Crippen LogP) is 1.21. The Bertz CT molecular complexity index is 917. The third-order valence-corrected chi connectivity index (χ3v) is 6.37. The lowest BCUT2D eigenvalue weighted by Crippen LogP contribution is -2.44. The third kappa shape index (κ3) is 4.52. The fraction of sp³-hybridized carbons (Fsp3) is 0.619. The van der Waals surface area contributed by atoms with E-state index in [2.05, 4.69) is 30.7 Å². The molecule has 32 heavy (non-hydrogen) atoms. The van der Waals surface area contributed by atoms with Crippen molar-refractivity contribution in [3.8, 4) is 0 Å². The van der Waals surface area contributed by atoms with Gasteiger partial charge in [-0.1, -0.05) is 0 Å². The molecule has 11 heteroatoms. The van der Waals surface area contributed by atoms with Crippen LogP contribution < -0.4 is 20.4 Å². The Labute approximate surface area is 184 Å². The van der Waals surface area contributed by atoms with Gasteiger partial charge in [0, 0.05) is 64.0 Å². The largest absolute Gasteiger partial charge is 0.384 e. The zero-order valence-corrected chi connectivity index (χ0v) is 17.8. The van der Waals surface area contributed by atoms with Gasteiger partial charge in [0.1, 0.15) is 11.4 Å². The number of carbonyl (C=O) groups excluding carboxylic acids is 1. The van der Waals surface area contributed by atoms with Gasteiger partial charge in [0.15, 0.2) is 5.82 Å². The molecule has 1 aromatic rings. The second-order valence-corrected chi connectivity index (χ2v) is 8.67. The molecule has 0 radical (unpaired) electrons. The summed E-state index contributed by atoms with van der Waals surface area (Å²) in [6.45, 7) is 2.67. The minimum atomic E-state index is -2.64. The van der Waals surface area contributed by atoms with Crippen LogP contribution in [0, 0.1) is 0 Å². The minimum Gasteiger partial charge on any atom is -0.384 e. The molecule has 5 rings (SSSR count). The summed E-state index contributed by atoms with van der Waals surface area (Å²) >= 11 is 0. The van der Waals surface area contributed by atoms with E-state index in [-0.39, 0.29) is 56.3 Å². The molecule has 0 spiro atoms. The third-order valence-electron chi connectivity index (χ3n) is 6.37. The number of carbonyl (C=O) groups is 1. The van der Waals surface area contributed by atoms with Crippen LogP contribution in [0.15, 0.2) is 23.0 Å². The highest BCUT2D eigenvalue weighted by Crippen LogP contribution is 2.34. The Morgan fingerprint density at radius 2 is 1.94 bits per heavy atom. The Kier molecular flexibility index (Phi) is 5.66. The standard InChI is InChI=1S/C21H27F2N7O2/c22-21(23)3-7-29(8-4-21)18-9-19(30-12-14-1-2-15(13-30)32-14)28-27-16(18)11-26-20(31)17-10-24-5-6-25-17/h6,9-10,14-15,24H,1-5,7-8,11-13H2,(H,26,31). The van der Waals surface area contributed by atoms with Crippen molar-refractivity contribution in [2.24, 2.45) is 4.99 Å². The number of anilines is 2. The number of nitrogens with zero attached hydrogens (tertiary/aromatic N) is 5. The Hall–Kier alpha value is -2.82. The van der Waals surface area contributed by atoms with Crippen molar-refractivity contribution in [3.05, 3.63) is 23.7 Å². The van der Waals surface area contributed by atoms with E-state index in [1.165, 1.54) is 0 Å². The summed E-state index contributed by atoms with van der Waals surface area (Å²) in [5.74, 6) is -2.26. The fourth-order valence-corrected chi connectivity index (χ4v) is 4.60. The number of piperidine rings is 1. The Morgan fingerprint density at radius 1 is 1.19 bits per heavy atom. The van der Waals surface area contributed by atoms with Gasteiger partial charge in [-0.25, -0.2) is 8.78 Å². The van der Waals surface area contributed by atoms with Crippen LogP contribution in [0.1, 0.15) is 31.4 Å². The molecule has 0 aliphatic carbocycles. The highest BCUT2D eigenvalue weighted by molar-refractivity contribution is 5.95. The molecule has 9 nitrogen and oxygen atoms in total. The van der Waals surface area contributed by atoms with E-state index in [4.69, 9.17) is 4.74 Å². The van der Waals surface area contributed by atoms with Gasteiger partial charge in [-0.05, 0) is 12.8 Å². The first-order valence-electron chi connectivity index (χ1n) is 11.1. The van der Waals surface area contributed by atoms with Crippen molar-refractivity contribution in [1.29, 1.82) is 0 Å². The maximum atomic E-state index is 13.8. The molecular weight excluding hydrogens is 420 g/mol. The van der Waals surface area contributed by atoms with E-state index in [1.807, 2.05) is 11.0 Å². The average Bonchev–Trinajstić information content (AvgIpc) is 3.15. The lowest BCUT2D eigenvalue weighted by atomic mass is 10.1. The van der Waals surface area contributed by atoms with Crippen molar-refractivity contribution in [2.45, 2.75) is 50.4 Å². The topological polar surface area (TPSA) is 95.0 Å². The number of ether oxygens (including phenoxy) is 1. The molecular formula is C21H27F2N7O2. The number of hydrogen-bond donors (Lipinski definition) is 2. The van der Waals surface area contributed by atoms with Crippen LogP contribution in [0.5, 0.6) is 0 Å². The van der Waals surface area contributed by atoms with E-state index < -0.39 is 5.92 Å². The molecule has 3 saturated heterocycles.